The van der Waals surface area contributed by atoms with Gasteiger partial charge in [0.1, 0.15) is 0 Å². The molecule has 1 heterocycles. The number of aryl methyl sites for hydroxylation is 2. The summed E-state index contributed by atoms with van der Waals surface area (Å²) in [6.07, 6.45) is 0. The zero-order valence-electron chi connectivity index (χ0n) is 12.9. The van der Waals surface area contributed by atoms with Gasteiger partial charge in [0.05, 0.1) is 12.7 Å². The number of aromatic amines is 1. The SMILES string of the molecule is COC(=O)c1cc(NC(=O)Nc2cc(C)[nH]n2)cc(C)c1C. The van der Waals surface area contributed by atoms with Crippen LogP contribution in [-0.2, 0) is 4.74 Å². The van der Waals surface area contributed by atoms with Crippen LogP contribution in [0.3, 0.4) is 0 Å². The molecule has 0 atom stereocenters. The fourth-order valence-corrected chi connectivity index (χ4v) is 2.01. The molecule has 0 saturated heterocycles. The Balaban J connectivity index is 2.17. The molecule has 7 heteroatoms. The number of nitrogens with zero attached hydrogens (tertiary/aromatic N) is 1. The number of rotatable bonds is 3. The number of urea groups is 1. The molecule has 2 rings (SSSR count). The van der Waals surface area contributed by atoms with Crippen molar-refractivity contribution in [3.8, 4) is 0 Å². The number of carbonyl (C=O) groups excluding carboxylic acids is 2. The smallest absolute Gasteiger partial charge is 0.338 e. The first-order valence-corrected chi connectivity index (χ1v) is 6.70. The van der Waals surface area contributed by atoms with Gasteiger partial charge in [-0.25, -0.2) is 9.59 Å². The number of nitrogens with one attached hydrogen (secondary N) is 3. The van der Waals surface area contributed by atoms with Crippen molar-refractivity contribution in [2.45, 2.75) is 20.8 Å². The molecular weight excluding hydrogens is 284 g/mol. The molecule has 0 radical (unpaired) electrons. The van der Waals surface area contributed by atoms with Crippen molar-refractivity contribution in [3.05, 3.63) is 40.6 Å². The number of carbonyl (C=O) groups is 2. The summed E-state index contributed by atoms with van der Waals surface area (Å²) in [5.74, 6) is -0.0143. The average molecular weight is 302 g/mol. The third-order valence-electron chi connectivity index (χ3n) is 3.28. The van der Waals surface area contributed by atoms with Gasteiger partial charge in [0.15, 0.2) is 5.82 Å². The summed E-state index contributed by atoms with van der Waals surface area (Å²) in [6, 6.07) is 4.64. The average Bonchev–Trinajstić information content (AvgIpc) is 2.86. The normalized spacial score (nSPS) is 10.2. The van der Waals surface area contributed by atoms with Crippen molar-refractivity contribution in [1.82, 2.24) is 10.2 Å². The molecule has 0 aliphatic carbocycles. The maximum Gasteiger partial charge on any atom is 0.338 e. The highest BCUT2D eigenvalue weighted by Gasteiger charge is 2.14. The van der Waals surface area contributed by atoms with Crippen molar-refractivity contribution < 1.29 is 14.3 Å². The van der Waals surface area contributed by atoms with Crippen LogP contribution in [0.2, 0.25) is 0 Å². The molecule has 0 saturated carbocycles. The van der Waals surface area contributed by atoms with Gasteiger partial charge in [-0.05, 0) is 44.0 Å². The highest BCUT2D eigenvalue weighted by molar-refractivity contribution is 6.00. The van der Waals surface area contributed by atoms with Crippen molar-refractivity contribution in [2.24, 2.45) is 0 Å². The van der Waals surface area contributed by atoms with Crippen LogP contribution >= 0.6 is 0 Å². The summed E-state index contributed by atoms with van der Waals surface area (Å²) < 4.78 is 4.75. The van der Waals surface area contributed by atoms with Crippen LogP contribution in [0.25, 0.3) is 0 Å². The summed E-state index contributed by atoms with van der Waals surface area (Å²) in [6.45, 7) is 5.53. The number of H-pyrrole nitrogens is 1. The first-order chi connectivity index (χ1) is 10.4. The zero-order valence-corrected chi connectivity index (χ0v) is 12.9. The summed E-state index contributed by atoms with van der Waals surface area (Å²) in [5, 5.41) is 11.9. The minimum atomic E-state index is -0.439. The summed E-state index contributed by atoms with van der Waals surface area (Å²) in [7, 11) is 1.32. The van der Waals surface area contributed by atoms with Crippen molar-refractivity contribution in [1.29, 1.82) is 0 Å². The predicted molar refractivity (Wildman–Crippen MR) is 83.2 cm³/mol. The van der Waals surface area contributed by atoms with E-state index in [-0.39, 0.29) is 0 Å². The number of hydrogen-bond acceptors (Lipinski definition) is 4. The van der Waals surface area contributed by atoms with E-state index in [1.165, 1.54) is 7.11 Å². The number of ether oxygens (including phenoxy) is 1. The van der Waals surface area contributed by atoms with Crippen LogP contribution in [0, 0.1) is 20.8 Å². The van der Waals surface area contributed by atoms with E-state index in [2.05, 4.69) is 20.8 Å². The Morgan fingerprint density at radius 3 is 2.45 bits per heavy atom. The zero-order chi connectivity index (χ0) is 16.3. The monoisotopic (exact) mass is 302 g/mol. The fraction of sp³-hybridized carbons (Fsp3) is 0.267. The number of hydrogen-bond donors (Lipinski definition) is 3. The highest BCUT2D eigenvalue weighted by Crippen LogP contribution is 2.21. The molecule has 0 fully saturated rings. The molecular formula is C15H18N4O3. The van der Waals surface area contributed by atoms with Gasteiger partial charge >= 0.3 is 12.0 Å². The van der Waals surface area contributed by atoms with Gasteiger partial charge < -0.3 is 10.1 Å². The van der Waals surface area contributed by atoms with Crippen LogP contribution in [-0.4, -0.2) is 29.3 Å². The first kappa shape index (κ1) is 15.6. The Kier molecular flexibility index (Phi) is 4.45. The number of methoxy groups -OCH3 is 1. The molecule has 0 aliphatic rings. The van der Waals surface area contributed by atoms with E-state index in [0.29, 0.717) is 17.1 Å². The van der Waals surface area contributed by atoms with Crippen molar-refractivity contribution >= 4 is 23.5 Å². The lowest BCUT2D eigenvalue weighted by Gasteiger charge is -2.12. The second-order valence-electron chi connectivity index (χ2n) is 4.97. The van der Waals surface area contributed by atoms with E-state index in [0.717, 1.165) is 16.8 Å². The van der Waals surface area contributed by atoms with Gasteiger partial charge in [-0.1, -0.05) is 0 Å². The second kappa shape index (κ2) is 6.30. The third kappa shape index (κ3) is 3.43. The number of amides is 2. The topological polar surface area (TPSA) is 96.1 Å². The molecule has 2 amide bonds. The minimum Gasteiger partial charge on any atom is -0.465 e. The molecule has 2 aromatic rings. The van der Waals surface area contributed by atoms with Gasteiger partial charge in [-0.3, -0.25) is 10.4 Å². The van der Waals surface area contributed by atoms with Crippen LogP contribution in [0.15, 0.2) is 18.2 Å². The Hall–Kier alpha value is -2.83. The molecule has 0 unspecified atom stereocenters. The van der Waals surface area contributed by atoms with Gasteiger partial charge in [-0.2, -0.15) is 5.10 Å². The van der Waals surface area contributed by atoms with E-state index in [1.807, 2.05) is 20.8 Å². The second-order valence-corrected chi connectivity index (χ2v) is 4.97. The maximum atomic E-state index is 11.9. The summed E-state index contributed by atoms with van der Waals surface area (Å²) >= 11 is 0. The van der Waals surface area contributed by atoms with Gasteiger partial charge in [0.2, 0.25) is 0 Å². The van der Waals surface area contributed by atoms with Gasteiger partial charge in [0.25, 0.3) is 0 Å². The maximum absolute atomic E-state index is 11.9. The first-order valence-electron chi connectivity index (χ1n) is 6.70. The quantitative estimate of drug-likeness (QED) is 0.760. The number of anilines is 2. The van der Waals surface area contributed by atoms with Crippen molar-refractivity contribution in [2.75, 3.05) is 17.7 Å². The number of benzene rings is 1. The minimum absolute atomic E-state index is 0.423. The molecule has 7 nitrogen and oxygen atoms in total. The van der Waals surface area contributed by atoms with Crippen LogP contribution < -0.4 is 10.6 Å². The van der Waals surface area contributed by atoms with Crippen LogP contribution in [0.5, 0.6) is 0 Å². The lowest BCUT2D eigenvalue weighted by molar-refractivity contribution is 0.0600. The van der Waals surface area contributed by atoms with E-state index in [1.54, 1.807) is 18.2 Å². The predicted octanol–water partition coefficient (Wildman–Crippen LogP) is 2.77. The Morgan fingerprint density at radius 1 is 1.14 bits per heavy atom. The molecule has 0 spiro atoms. The lowest BCUT2D eigenvalue weighted by atomic mass is 10.0. The molecule has 1 aromatic heterocycles. The number of aromatic nitrogens is 2. The van der Waals surface area contributed by atoms with Crippen LogP contribution in [0.1, 0.15) is 27.2 Å². The van der Waals surface area contributed by atoms with Gasteiger partial charge in [-0.15, -0.1) is 0 Å². The fourth-order valence-electron chi connectivity index (χ4n) is 2.01. The lowest BCUT2D eigenvalue weighted by Crippen LogP contribution is -2.20. The standard InChI is InChI=1S/C15H18N4O3/c1-8-5-11(7-12(10(8)3)14(20)22-4)16-15(21)17-13-6-9(2)18-19-13/h5-7H,1-4H3,(H3,16,17,18,19,21). The van der Waals surface area contributed by atoms with Gasteiger partial charge in [0, 0.05) is 17.4 Å². The van der Waals surface area contributed by atoms with E-state index >= 15 is 0 Å². The number of esters is 1. The summed E-state index contributed by atoms with van der Waals surface area (Å²) in [4.78, 5) is 23.7. The van der Waals surface area contributed by atoms with Crippen molar-refractivity contribution in [3.63, 3.8) is 0 Å². The van der Waals surface area contributed by atoms with Crippen LogP contribution in [0.4, 0.5) is 16.3 Å². The largest absolute Gasteiger partial charge is 0.465 e. The molecule has 0 aliphatic heterocycles. The third-order valence-corrected chi connectivity index (χ3v) is 3.28. The van der Waals surface area contributed by atoms with E-state index in [9.17, 15) is 9.59 Å². The molecule has 0 bridgehead atoms. The summed E-state index contributed by atoms with van der Waals surface area (Å²) in [5.41, 5.74) is 3.48. The van der Waals surface area contributed by atoms with E-state index in [4.69, 9.17) is 4.74 Å². The molecule has 3 N–H and O–H groups in total. The Bertz CT molecular complexity index is 722. The molecule has 1 aromatic carbocycles. The molecule has 116 valence electrons. The Morgan fingerprint density at radius 2 is 1.86 bits per heavy atom. The van der Waals surface area contributed by atoms with E-state index < -0.39 is 12.0 Å². The Labute approximate surface area is 128 Å². The molecule has 22 heavy (non-hydrogen) atoms. The highest BCUT2D eigenvalue weighted by atomic mass is 16.5.